The van der Waals surface area contributed by atoms with E-state index >= 15 is 0 Å². The summed E-state index contributed by atoms with van der Waals surface area (Å²) in [4.78, 5) is 0. The quantitative estimate of drug-likeness (QED) is 0.813. The molecule has 2 atom stereocenters. The average molecular weight is 267 g/mol. The van der Waals surface area contributed by atoms with Crippen molar-refractivity contribution in [2.75, 3.05) is 6.54 Å². The highest BCUT2D eigenvalue weighted by Gasteiger charge is 2.34. The second-order valence-corrected chi connectivity index (χ2v) is 7.59. The molecular formula is C17H33NO. The fraction of sp³-hybridized carbons (Fsp3) is 1.00. The summed E-state index contributed by atoms with van der Waals surface area (Å²) >= 11 is 0. The molecule has 0 aromatic rings. The van der Waals surface area contributed by atoms with E-state index in [1.807, 2.05) is 0 Å². The molecule has 0 saturated heterocycles. The number of hydrogen-bond donors (Lipinski definition) is 2. The van der Waals surface area contributed by atoms with Crippen molar-refractivity contribution in [1.82, 2.24) is 5.32 Å². The molecule has 112 valence electrons. The first-order chi connectivity index (χ1) is 9.00. The monoisotopic (exact) mass is 267 g/mol. The van der Waals surface area contributed by atoms with E-state index in [0.717, 1.165) is 37.1 Å². The number of hydrogen-bond acceptors (Lipinski definition) is 2. The number of rotatable bonds is 4. The van der Waals surface area contributed by atoms with Gasteiger partial charge >= 0.3 is 0 Å². The predicted molar refractivity (Wildman–Crippen MR) is 81.2 cm³/mol. The molecule has 0 aromatic carbocycles. The highest BCUT2D eigenvalue weighted by Crippen LogP contribution is 2.33. The minimum absolute atomic E-state index is 0.425. The summed E-state index contributed by atoms with van der Waals surface area (Å²) in [7, 11) is 0. The van der Waals surface area contributed by atoms with Crippen LogP contribution in [0.15, 0.2) is 0 Å². The first-order valence-corrected chi connectivity index (χ1v) is 8.46. The van der Waals surface area contributed by atoms with Gasteiger partial charge in [-0.2, -0.15) is 0 Å². The number of nitrogens with one attached hydrogen (secondary N) is 1. The second-order valence-electron chi connectivity index (χ2n) is 7.59. The van der Waals surface area contributed by atoms with E-state index in [0.29, 0.717) is 6.04 Å². The lowest BCUT2D eigenvalue weighted by molar-refractivity contribution is -0.0117. The molecule has 0 spiro atoms. The molecule has 0 heterocycles. The van der Waals surface area contributed by atoms with Crippen molar-refractivity contribution in [1.29, 1.82) is 0 Å². The van der Waals surface area contributed by atoms with E-state index < -0.39 is 5.60 Å². The average Bonchev–Trinajstić information content (AvgIpc) is 2.41. The summed E-state index contributed by atoms with van der Waals surface area (Å²) in [6.07, 6.45) is 9.77. The first-order valence-electron chi connectivity index (χ1n) is 8.46. The van der Waals surface area contributed by atoms with E-state index in [-0.39, 0.29) is 0 Å². The van der Waals surface area contributed by atoms with Gasteiger partial charge in [-0.15, -0.1) is 0 Å². The SMILES string of the molecule is CC1CCC(O)(CNC2CCCCC2C(C)C)CC1. The minimum atomic E-state index is -0.425. The van der Waals surface area contributed by atoms with Crippen LogP contribution in [-0.2, 0) is 0 Å². The molecule has 0 bridgehead atoms. The highest BCUT2D eigenvalue weighted by molar-refractivity contribution is 4.90. The van der Waals surface area contributed by atoms with Crippen LogP contribution in [0, 0.1) is 17.8 Å². The van der Waals surface area contributed by atoms with E-state index in [1.165, 1.54) is 38.5 Å². The predicted octanol–water partition coefficient (Wildman–Crippen LogP) is 3.73. The Bertz CT molecular complexity index is 268. The Balaban J connectivity index is 1.83. The van der Waals surface area contributed by atoms with Crippen molar-refractivity contribution in [3.63, 3.8) is 0 Å². The maximum absolute atomic E-state index is 10.7. The summed E-state index contributed by atoms with van der Waals surface area (Å²) in [5.74, 6) is 2.37. The second kappa shape index (κ2) is 6.58. The Morgan fingerprint density at radius 1 is 1.11 bits per heavy atom. The standard InChI is InChI=1S/C17H33NO/c1-13(2)15-6-4-5-7-16(15)18-12-17(19)10-8-14(3)9-11-17/h13-16,18-19H,4-12H2,1-3H3. The van der Waals surface area contributed by atoms with Crippen LogP contribution in [0.2, 0.25) is 0 Å². The van der Waals surface area contributed by atoms with Gasteiger partial charge < -0.3 is 10.4 Å². The van der Waals surface area contributed by atoms with E-state index in [9.17, 15) is 5.11 Å². The molecule has 2 unspecified atom stereocenters. The van der Waals surface area contributed by atoms with Crippen molar-refractivity contribution >= 4 is 0 Å². The van der Waals surface area contributed by atoms with Crippen LogP contribution in [-0.4, -0.2) is 23.3 Å². The zero-order valence-electron chi connectivity index (χ0n) is 13.1. The molecule has 2 nitrogen and oxygen atoms in total. The molecule has 2 N–H and O–H groups in total. The van der Waals surface area contributed by atoms with Crippen molar-refractivity contribution in [3.8, 4) is 0 Å². The van der Waals surface area contributed by atoms with Gasteiger partial charge in [-0.3, -0.25) is 0 Å². The van der Waals surface area contributed by atoms with Crippen molar-refractivity contribution in [2.45, 2.75) is 83.8 Å². The van der Waals surface area contributed by atoms with Crippen LogP contribution in [0.3, 0.4) is 0 Å². The topological polar surface area (TPSA) is 32.3 Å². The Hall–Kier alpha value is -0.0800. The molecule has 0 amide bonds. The van der Waals surface area contributed by atoms with Crippen LogP contribution in [0.4, 0.5) is 0 Å². The molecule has 0 aliphatic heterocycles. The molecule has 2 aliphatic carbocycles. The molecule has 2 rings (SSSR count). The Morgan fingerprint density at radius 3 is 2.37 bits per heavy atom. The van der Waals surface area contributed by atoms with Crippen molar-refractivity contribution in [2.24, 2.45) is 17.8 Å². The smallest absolute Gasteiger partial charge is 0.0771 e. The zero-order chi connectivity index (χ0) is 13.9. The van der Waals surface area contributed by atoms with Gasteiger partial charge in [0.1, 0.15) is 0 Å². The van der Waals surface area contributed by atoms with Gasteiger partial charge in [0.25, 0.3) is 0 Å². The van der Waals surface area contributed by atoms with Gasteiger partial charge in [0.15, 0.2) is 0 Å². The molecule has 2 saturated carbocycles. The molecule has 2 heteroatoms. The Morgan fingerprint density at radius 2 is 1.74 bits per heavy atom. The Labute approximate surface area is 119 Å². The molecule has 2 fully saturated rings. The minimum Gasteiger partial charge on any atom is -0.389 e. The maximum Gasteiger partial charge on any atom is 0.0771 e. The third kappa shape index (κ3) is 4.19. The Kier molecular flexibility index (Phi) is 5.30. The van der Waals surface area contributed by atoms with Gasteiger partial charge in [-0.25, -0.2) is 0 Å². The van der Waals surface area contributed by atoms with Gasteiger partial charge in [0, 0.05) is 12.6 Å². The third-order valence-corrected chi connectivity index (χ3v) is 5.57. The summed E-state index contributed by atoms with van der Waals surface area (Å²) in [5.41, 5.74) is -0.425. The third-order valence-electron chi connectivity index (χ3n) is 5.57. The van der Waals surface area contributed by atoms with Crippen LogP contribution in [0.5, 0.6) is 0 Å². The van der Waals surface area contributed by atoms with Gasteiger partial charge in [0.2, 0.25) is 0 Å². The lowest BCUT2D eigenvalue weighted by atomic mass is 9.76. The van der Waals surface area contributed by atoms with Gasteiger partial charge in [-0.1, -0.05) is 33.6 Å². The molecule has 0 radical (unpaired) electrons. The first kappa shape index (κ1) is 15.3. The lowest BCUT2D eigenvalue weighted by Gasteiger charge is -2.40. The van der Waals surface area contributed by atoms with Crippen LogP contribution < -0.4 is 5.32 Å². The normalized spacial score (nSPS) is 40.6. The van der Waals surface area contributed by atoms with Crippen molar-refractivity contribution in [3.05, 3.63) is 0 Å². The maximum atomic E-state index is 10.7. The van der Waals surface area contributed by atoms with E-state index in [2.05, 4.69) is 26.1 Å². The van der Waals surface area contributed by atoms with Crippen LogP contribution in [0.25, 0.3) is 0 Å². The van der Waals surface area contributed by atoms with E-state index in [1.54, 1.807) is 0 Å². The molecular weight excluding hydrogens is 234 g/mol. The van der Waals surface area contributed by atoms with Crippen LogP contribution >= 0.6 is 0 Å². The van der Waals surface area contributed by atoms with Crippen LogP contribution in [0.1, 0.15) is 72.1 Å². The molecule has 19 heavy (non-hydrogen) atoms. The highest BCUT2D eigenvalue weighted by atomic mass is 16.3. The fourth-order valence-electron chi connectivity index (χ4n) is 4.01. The summed E-state index contributed by atoms with van der Waals surface area (Å²) < 4.78 is 0. The van der Waals surface area contributed by atoms with Gasteiger partial charge in [-0.05, 0) is 56.3 Å². The largest absolute Gasteiger partial charge is 0.389 e. The fourth-order valence-corrected chi connectivity index (χ4v) is 4.01. The zero-order valence-corrected chi connectivity index (χ0v) is 13.1. The molecule has 0 aromatic heterocycles. The summed E-state index contributed by atoms with van der Waals surface area (Å²) in [5, 5.41) is 14.4. The number of aliphatic hydroxyl groups is 1. The van der Waals surface area contributed by atoms with Gasteiger partial charge in [0.05, 0.1) is 5.60 Å². The summed E-state index contributed by atoms with van der Waals surface area (Å²) in [6, 6.07) is 0.636. The summed E-state index contributed by atoms with van der Waals surface area (Å²) in [6.45, 7) is 7.82. The molecule has 2 aliphatic rings. The lowest BCUT2D eigenvalue weighted by Crippen LogP contribution is -2.50. The van der Waals surface area contributed by atoms with E-state index in [4.69, 9.17) is 0 Å². The van der Waals surface area contributed by atoms with Crippen molar-refractivity contribution < 1.29 is 5.11 Å².